The summed E-state index contributed by atoms with van der Waals surface area (Å²) in [6, 6.07) is 5.59. The van der Waals surface area contributed by atoms with Crippen molar-refractivity contribution in [2.75, 3.05) is 0 Å². The van der Waals surface area contributed by atoms with E-state index in [0.717, 1.165) is 22.6 Å². The summed E-state index contributed by atoms with van der Waals surface area (Å²) in [5.74, 6) is 2.56. The van der Waals surface area contributed by atoms with Crippen molar-refractivity contribution < 1.29 is 5.11 Å². The van der Waals surface area contributed by atoms with Crippen molar-refractivity contribution in [3.63, 3.8) is 0 Å². The lowest BCUT2D eigenvalue weighted by molar-refractivity contribution is 0.165. The molecule has 0 aliphatic rings. The Balaban J connectivity index is 2.62. The van der Waals surface area contributed by atoms with E-state index < -0.39 is 6.10 Å². The Bertz CT molecular complexity index is 365. The topological polar surface area (TPSA) is 20.2 Å². The fraction of sp³-hybridized carbons (Fsp3) is 0.385. The summed E-state index contributed by atoms with van der Waals surface area (Å²) in [7, 11) is 0. The molecule has 0 saturated heterocycles. The molecule has 2 heteroatoms. The van der Waals surface area contributed by atoms with E-state index in [9.17, 15) is 5.11 Å². The fourth-order valence-electron chi connectivity index (χ4n) is 1.44. The molecule has 1 aromatic carbocycles. The van der Waals surface area contributed by atoms with Crippen LogP contribution in [0.2, 0.25) is 5.02 Å². The normalized spacial score (nSPS) is 12.1. The molecular formula is C13H15ClO. The van der Waals surface area contributed by atoms with E-state index in [1.807, 2.05) is 25.1 Å². The van der Waals surface area contributed by atoms with Gasteiger partial charge in [-0.15, -0.1) is 12.3 Å². The first-order chi connectivity index (χ1) is 7.15. The molecule has 0 spiro atoms. The molecule has 0 aliphatic carbocycles. The molecule has 1 aromatic rings. The summed E-state index contributed by atoms with van der Waals surface area (Å²) in [5.41, 5.74) is 1.90. The van der Waals surface area contributed by atoms with Crippen LogP contribution in [0, 0.1) is 19.3 Å². The molecule has 80 valence electrons. The quantitative estimate of drug-likeness (QED) is 0.611. The summed E-state index contributed by atoms with van der Waals surface area (Å²) < 4.78 is 0. The second-order valence-corrected chi connectivity index (χ2v) is 4.03. The first kappa shape index (κ1) is 12.1. The first-order valence-electron chi connectivity index (χ1n) is 5.02. The number of halogens is 1. The first-order valence-corrected chi connectivity index (χ1v) is 5.40. The van der Waals surface area contributed by atoms with Crippen molar-refractivity contribution in [3.05, 3.63) is 34.3 Å². The molecule has 1 atom stereocenters. The number of benzene rings is 1. The van der Waals surface area contributed by atoms with Crippen molar-refractivity contribution in [2.45, 2.75) is 32.3 Å². The number of hydrogen-bond donors (Lipinski definition) is 1. The SMILES string of the molecule is C#CCCCC(O)c1ccc(Cl)c(C)c1. The minimum Gasteiger partial charge on any atom is -0.388 e. The Morgan fingerprint density at radius 3 is 2.87 bits per heavy atom. The highest BCUT2D eigenvalue weighted by molar-refractivity contribution is 6.31. The van der Waals surface area contributed by atoms with Crippen LogP contribution in [0.5, 0.6) is 0 Å². The molecule has 0 amide bonds. The number of hydrogen-bond acceptors (Lipinski definition) is 1. The van der Waals surface area contributed by atoms with Crippen LogP contribution in [0.1, 0.15) is 36.5 Å². The van der Waals surface area contributed by atoms with Gasteiger partial charge in [0.2, 0.25) is 0 Å². The minimum atomic E-state index is -0.436. The lowest BCUT2D eigenvalue weighted by Gasteiger charge is -2.11. The molecule has 0 aliphatic heterocycles. The van der Waals surface area contributed by atoms with Crippen LogP contribution in [0.15, 0.2) is 18.2 Å². The Kier molecular flexibility index (Phi) is 4.68. The van der Waals surface area contributed by atoms with Gasteiger partial charge in [-0.05, 0) is 37.0 Å². The molecule has 0 aromatic heterocycles. The lowest BCUT2D eigenvalue weighted by atomic mass is 10.0. The minimum absolute atomic E-state index is 0.436. The second-order valence-electron chi connectivity index (χ2n) is 3.62. The summed E-state index contributed by atoms with van der Waals surface area (Å²) >= 11 is 5.90. The summed E-state index contributed by atoms with van der Waals surface area (Å²) in [6.45, 7) is 1.93. The number of aryl methyl sites for hydroxylation is 1. The Morgan fingerprint density at radius 2 is 2.27 bits per heavy atom. The maximum Gasteiger partial charge on any atom is 0.0790 e. The van der Waals surface area contributed by atoms with Gasteiger partial charge < -0.3 is 5.11 Å². The smallest absolute Gasteiger partial charge is 0.0790 e. The second kappa shape index (κ2) is 5.80. The van der Waals surface area contributed by atoms with Crippen molar-refractivity contribution in [3.8, 4) is 12.3 Å². The zero-order valence-electron chi connectivity index (χ0n) is 8.83. The maximum atomic E-state index is 9.85. The number of aliphatic hydroxyl groups is 1. The zero-order chi connectivity index (χ0) is 11.3. The van der Waals surface area contributed by atoms with Crippen LogP contribution in [-0.4, -0.2) is 5.11 Å². The van der Waals surface area contributed by atoms with Gasteiger partial charge in [-0.1, -0.05) is 23.7 Å². The van der Waals surface area contributed by atoms with Crippen LogP contribution in [0.25, 0.3) is 0 Å². The number of rotatable bonds is 4. The van der Waals surface area contributed by atoms with E-state index in [1.165, 1.54) is 0 Å². The monoisotopic (exact) mass is 222 g/mol. The van der Waals surface area contributed by atoms with Gasteiger partial charge >= 0.3 is 0 Å². The maximum absolute atomic E-state index is 9.85. The predicted octanol–water partition coefficient (Wildman–Crippen LogP) is 3.49. The van der Waals surface area contributed by atoms with Crippen molar-refractivity contribution in [1.82, 2.24) is 0 Å². The molecule has 15 heavy (non-hydrogen) atoms. The van der Waals surface area contributed by atoms with E-state index in [1.54, 1.807) is 0 Å². The highest BCUT2D eigenvalue weighted by atomic mass is 35.5. The molecule has 0 radical (unpaired) electrons. The molecule has 1 N–H and O–H groups in total. The highest BCUT2D eigenvalue weighted by Gasteiger charge is 2.07. The van der Waals surface area contributed by atoms with Crippen molar-refractivity contribution >= 4 is 11.6 Å². The Labute approximate surface area is 96.1 Å². The summed E-state index contributed by atoms with van der Waals surface area (Å²) in [5, 5.41) is 10.6. The van der Waals surface area contributed by atoms with E-state index in [4.69, 9.17) is 18.0 Å². The molecular weight excluding hydrogens is 208 g/mol. The van der Waals surface area contributed by atoms with Gasteiger partial charge in [0.25, 0.3) is 0 Å². The molecule has 0 fully saturated rings. The van der Waals surface area contributed by atoms with Gasteiger partial charge in [-0.3, -0.25) is 0 Å². The van der Waals surface area contributed by atoms with Gasteiger partial charge in [-0.25, -0.2) is 0 Å². The number of terminal acetylenes is 1. The predicted molar refractivity (Wildman–Crippen MR) is 63.8 cm³/mol. The third-order valence-corrected chi connectivity index (χ3v) is 2.79. The van der Waals surface area contributed by atoms with Crippen molar-refractivity contribution in [1.29, 1.82) is 0 Å². The Morgan fingerprint density at radius 1 is 1.53 bits per heavy atom. The van der Waals surface area contributed by atoms with Gasteiger partial charge in [0, 0.05) is 11.4 Å². The molecule has 1 unspecified atom stereocenters. The fourth-order valence-corrected chi connectivity index (χ4v) is 1.56. The third-order valence-electron chi connectivity index (χ3n) is 2.37. The molecule has 1 nitrogen and oxygen atoms in total. The summed E-state index contributed by atoms with van der Waals surface area (Å²) in [4.78, 5) is 0. The largest absolute Gasteiger partial charge is 0.388 e. The van der Waals surface area contributed by atoms with Crippen LogP contribution in [0.3, 0.4) is 0 Å². The summed E-state index contributed by atoms with van der Waals surface area (Å²) in [6.07, 6.45) is 6.97. The molecule has 0 bridgehead atoms. The van der Waals surface area contributed by atoms with Gasteiger partial charge in [0.1, 0.15) is 0 Å². The number of aliphatic hydroxyl groups excluding tert-OH is 1. The average molecular weight is 223 g/mol. The Hall–Kier alpha value is -0.970. The van der Waals surface area contributed by atoms with Gasteiger partial charge in [0.15, 0.2) is 0 Å². The van der Waals surface area contributed by atoms with E-state index in [-0.39, 0.29) is 0 Å². The van der Waals surface area contributed by atoms with Crippen LogP contribution in [-0.2, 0) is 0 Å². The standard InChI is InChI=1S/C13H15ClO/c1-3-4-5-6-13(15)11-7-8-12(14)10(2)9-11/h1,7-9,13,15H,4-6H2,2H3. The molecule has 0 saturated carbocycles. The van der Waals surface area contributed by atoms with Crippen LogP contribution in [0.4, 0.5) is 0 Å². The van der Waals surface area contributed by atoms with E-state index in [0.29, 0.717) is 12.8 Å². The lowest BCUT2D eigenvalue weighted by Crippen LogP contribution is -1.97. The van der Waals surface area contributed by atoms with Gasteiger partial charge in [0.05, 0.1) is 6.10 Å². The van der Waals surface area contributed by atoms with Crippen LogP contribution >= 0.6 is 11.6 Å². The van der Waals surface area contributed by atoms with E-state index in [2.05, 4.69) is 5.92 Å². The number of unbranched alkanes of at least 4 members (excludes halogenated alkanes) is 1. The van der Waals surface area contributed by atoms with Crippen molar-refractivity contribution in [2.24, 2.45) is 0 Å². The van der Waals surface area contributed by atoms with E-state index >= 15 is 0 Å². The van der Waals surface area contributed by atoms with Crippen LogP contribution < -0.4 is 0 Å². The van der Waals surface area contributed by atoms with Gasteiger partial charge in [-0.2, -0.15) is 0 Å². The highest BCUT2D eigenvalue weighted by Crippen LogP contribution is 2.23. The third kappa shape index (κ3) is 3.58. The average Bonchev–Trinajstić information content (AvgIpc) is 2.22. The molecule has 1 rings (SSSR count). The zero-order valence-corrected chi connectivity index (χ0v) is 9.59. The molecule has 0 heterocycles.